The number of hydrogen-bond acceptors (Lipinski definition) is 4. The molecule has 0 aliphatic carbocycles. The Morgan fingerprint density at radius 2 is 2.20 bits per heavy atom. The van der Waals surface area contributed by atoms with Gasteiger partial charge in [0.15, 0.2) is 5.78 Å². The highest BCUT2D eigenvalue weighted by atomic mass is 16.1. The van der Waals surface area contributed by atoms with E-state index >= 15 is 0 Å². The molecule has 0 aliphatic rings. The fourth-order valence-electron chi connectivity index (χ4n) is 1.24. The molecule has 0 saturated heterocycles. The number of hydrogen-bond donors (Lipinski definition) is 1. The molecule has 0 radical (unpaired) electrons. The summed E-state index contributed by atoms with van der Waals surface area (Å²) in [7, 11) is 0. The van der Waals surface area contributed by atoms with Crippen molar-refractivity contribution >= 4 is 5.78 Å². The second-order valence-electron chi connectivity index (χ2n) is 4.18. The van der Waals surface area contributed by atoms with E-state index in [0.29, 0.717) is 11.7 Å². The van der Waals surface area contributed by atoms with Crippen LogP contribution in [-0.2, 0) is 17.8 Å². The molecule has 5 nitrogen and oxygen atoms in total. The first-order chi connectivity index (χ1) is 7.00. The maximum Gasteiger partial charge on any atom is 0.156 e. The predicted molar refractivity (Wildman–Crippen MR) is 57.2 cm³/mol. The standard InChI is InChI=1S/C10H18N4O/c1-7(2)5-14-10(12-6-13-14)4-9(15)8(3)11/h6-8H,4-5,11H2,1-3H3. The maximum absolute atomic E-state index is 11.4. The molecule has 0 spiro atoms. The molecule has 84 valence electrons. The van der Waals surface area contributed by atoms with Crippen LogP contribution in [0.1, 0.15) is 26.6 Å². The lowest BCUT2D eigenvalue weighted by Crippen LogP contribution is -2.29. The second kappa shape index (κ2) is 5.02. The first-order valence-electron chi connectivity index (χ1n) is 5.15. The van der Waals surface area contributed by atoms with Crippen molar-refractivity contribution in [3.05, 3.63) is 12.2 Å². The van der Waals surface area contributed by atoms with Gasteiger partial charge in [-0.05, 0) is 12.8 Å². The Bertz CT molecular complexity index is 330. The summed E-state index contributed by atoms with van der Waals surface area (Å²) in [5.41, 5.74) is 5.50. The van der Waals surface area contributed by atoms with Gasteiger partial charge in [-0.2, -0.15) is 5.10 Å². The molecular weight excluding hydrogens is 192 g/mol. The fraction of sp³-hybridized carbons (Fsp3) is 0.700. The third-order valence-electron chi connectivity index (χ3n) is 2.07. The van der Waals surface area contributed by atoms with Crippen molar-refractivity contribution in [3.63, 3.8) is 0 Å². The van der Waals surface area contributed by atoms with E-state index in [1.54, 1.807) is 11.6 Å². The molecule has 1 heterocycles. The van der Waals surface area contributed by atoms with Crippen LogP contribution in [-0.4, -0.2) is 26.6 Å². The van der Waals surface area contributed by atoms with Crippen molar-refractivity contribution in [3.8, 4) is 0 Å². The zero-order valence-corrected chi connectivity index (χ0v) is 9.47. The molecule has 0 aliphatic heterocycles. The molecule has 2 N–H and O–H groups in total. The van der Waals surface area contributed by atoms with Gasteiger partial charge in [0.1, 0.15) is 12.2 Å². The van der Waals surface area contributed by atoms with E-state index in [2.05, 4.69) is 23.9 Å². The zero-order valence-electron chi connectivity index (χ0n) is 9.47. The molecule has 15 heavy (non-hydrogen) atoms. The summed E-state index contributed by atoms with van der Waals surface area (Å²) in [6.45, 7) is 6.66. The molecule has 1 atom stereocenters. The van der Waals surface area contributed by atoms with Gasteiger partial charge in [0, 0.05) is 6.54 Å². The van der Waals surface area contributed by atoms with Gasteiger partial charge >= 0.3 is 0 Å². The number of nitrogens with zero attached hydrogens (tertiary/aromatic N) is 3. The molecule has 1 aromatic rings. The van der Waals surface area contributed by atoms with Crippen molar-refractivity contribution < 1.29 is 4.79 Å². The van der Waals surface area contributed by atoms with Gasteiger partial charge in [0.25, 0.3) is 0 Å². The van der Waals surface area contributed by atoms with Crippen molar-refractivity contribution in [1.29, 1.82) is 0 Å². The van der Waals surface area contributed by atoms with Crippen LogP contribution in [0.5, 0.6) is 0 Å². The molecule has 1 unspecified atom stereocenters. The van der Waals surface area contributed by atoms with Crippen LogP contribution in [0.4, 0.5) is 0 Å². The van der Waals surface area contributed by atoms with Gasteiger partial charge in [-0.25, -0.2) is 9.67 Å². The number of rotatable bonds is 5. The minimum absolute atomic E-state index is 0.00648. The normalized spacial score (nSPS) is 13.1. The van der Waals surface area contributed by atoms with E-state index in [9.17, 15) is 4.79 Å². The Hall–Kier alpha value is -1.23. The topological polar surface area (TPSA) is 73.8 Å². The molecule has 0 bridgehead atoms. The molecule has 5 heteroatoms. The first-order valence-corrected chi connectivity index (χ1v) is 5.15. The Morgan fingerprint density at radius 1 is 1.53 bits per heavy atom. The van der Waals surface area contributed by atoms with Crippen LogP contribution >= 0.6 is 0 Å². The van der Waals surface area contributed by atoms with Crippen molar-refractivity contribution in [2.24, 2.45) is 11.7 Å². The molecule has 1 aromatic heterocycles. The van der Waals surface area contributed by atoms with Crippen molar-refractivity contribution in [2.75, 3.05) is 0 Å². The highest BCUT2D eigenvalue weighted by Gasteiger charge is 2.13. The lowest BCUT2D eigenvalue weighted by atomic mass is 10.1. The summed E-state index contributed by atoms with van der Waals surface area (Å²) in [5.74, 6) is 1.18. The van der Waals surface area contributed by atoms with E-state index in [4.69, 9.17) is 5.73 Å². The summed E-state index contributed by atoms with van der Waals surface area (Å²) in [5, 5.41) is 4.08. The summed E-state index contributed by atoms with van der Waals surface area (Å²) in [4.78, 5) is 15.5. The Balaban J connectivity index is 2.69. The van der Waals surface area contributed by atoms with Gasteiger partial charge in [-0.3, -0.25) is 4.79 Å². The molecule has 0 aromatic carbocycles. The highest BCUT2D eigenvalue weighted by molar-refractivity contribution is 5.84. The zero-order chi connectivity index (χ0) is 11.4. The van der Waals surface area contributed by atoms with E-state index in [-0.39, 0.29) is 12.2 Å². The van der Waals surface area contributed by atoms with E-state index < -0.39 is 6.04 Å². The summed E-state index contributed by atoms with van der Waals surface area (Å²) >= 11 is 0. The Morgan fingerprint density at radius 3 is 2.73 bits per heavy atom. The predicted octanol–water partition coefficient (Wildman–Crippen LogP) is 0.393. The maximum atomic E-state index is 11.4. The SMILES string of the molecule is CC(C)Cn1ncnc1CC(=O)C(C)N. The van der Waals surface area contributed by atoms with Crippen LogP contribution in [0.25, 0.3) is 0 Å². The Labute approximate surface area is 89.7 Å². The summed E-state index contributed by atoms with van der Waals surface area (Å²) in [6, 6.07) is -0.436. The average molecular weight is 210 g/mol. The number of Topliss-reactive ketones (excluding diaryl/α,β-unsaturated/α-hetero) is 1. The first kappa shape index (κ1) is 11.8. The van der Waals surface area contributed by atoms with E-state index in [0.717, 1.165) is 6.54 Å². The van der Waals surface area contributed by atoms with Gasteiger partial charge < -0.3 is 5.73 Å². The van der Waals surface area contributed by atoms with Crippen LogP contribution in [0.15, 0.2) is 6.33 Å². The van der Waals surface area contributed by atoms with Gasteiger partial charge in [0.05, 0.1) is 12.5 Å². The largest absolute Gasteiger partial charge is 0.322 e. The van der Waals surface area contributed by atoms with E-state index in [1.165, 1.54) is 6.33 Å². The van der Waals surface area contributed by atoms with Gasteiger partial charge in [-0.1, -0.05) is 13.8 Å². The van der Waals surface area contributed by atoms with Crippen LogP contribution in [0.3, 0.4) is 0 Å². The van der Waals surface area contributed by atoms with Gasteiger partial charge in [-0.15, -0.1) is 0 Å². The monoisotopic (exact) mass is 210 g/mol. The quantitative estimate of drug-likeness (QED) is 0.763. The fourth-order valence-corrected chi connectivity index (χ4v) is 1.24. The third kappa shape index (κ3) is 3.43. The molecule has 0 fully saturated rings. The smallest absolute Gasteiger partial charge is 0.156 e. The minimum atomic E-state index is -0.436. The van der Waals surface area contributed by atoms with E-state index in [1.807, 2.05) is 0 Å². The number of nitrogens with two attached hydrogens (primary N) is 1. The van der Waals surface area contributed by atoms with Crippen LogP contribution in [0, 0.1) is 5.92 Å². The summed E-state index contributed by atoms with van der Waals surface area (Å²) < 4.78 is 1.77. The van der Waals surface area contributed by atoms with Crippen molar-refractivity contribution in [1.82, 2.24) is 14.8 Å². The van der Waals surface area contributed by atoms with Gasteiger partial charge in [0.2, 0.25) is 0 Å². The van der Waals surface area contributed by atoms with Crippen molar-refractivity contribution in [2.45, 2.75) is 39.8 Å². The van der Waals surface area contributed by atoms with Crippen LogP contribution in [0.2, 0.25) is 0 Å². The lowest BCUT2D eigenvalue weighted by molar-refractivity contribution is -0.119. The molecule has 0 saturated carbocycles. The lowest BCUT2D eigenvalue weighted by Gasteiger charge is -2.08. The third-order valence-corrected chi connectivity index (χ3v) is 2.07. The summed E-state index contributed by atoms with van der Waals surface area (Å²) in [6.07, 6.45) is 1.75. The Kier molecular flexibility index (Phi) is 3.96. The number of carbonyl (C=O) groups excluding carboxylic acids is 1. The van der Waals surface area contributed by atoms with Crippen LogP contribution < -0.4 is 5.73 Å². The number of ketones is 1. The minimum Gasteiger partial charge on any atom is -0.322 e. The number of carbonyl (C=O) groups is 1. The molecule has 1 rings (SSSR count). The molecular formula is C10H18N4O. The average Bonchev–Trinajstić information content (AvgIpc) is 2.51. The highest BCUT2D eigenvalue weighted by Crippen LogP contribution is 2.02. The molecule has 0 amide bonds. The second-order valence-corrected chi connectivity index (χ2v) is 4.18. The number of aromatic nitrogens is 3.